The molecule has 5 nitrogen and oxygen atoms in total. The summed E-state index contributed by atoms with van der Waals surface area (Å²) in [5, 5.41) is 10.3. The van der Waals surface area contributed by atoms with Gasteiger partial charge >= 0.3 is 5.97 Å². The number of nitrogens with one attached hydrogen (secondary N) is 1. The van der Waals surface area contributed by atoms with Gasteiger partial charge in [-0.1, -0.05) is 13.8 Å². The molecule has 0 aliphatic carbocycles. The molecule has 0 aliphatic rings. The van der Waals surface area contributed by atoms with E-state index in [9.17, 15) is 4.79 Å². The Bertz CT molecular complexity index is 505. The molecule has 0 bridgehead atoms. The molecular formula is C11H13N3O2. The molecular weight excluding hydrogens is 206 g/mol. The Balaban J connectivity index is 2.16. The normalized spacial score (nSPS) is 10.9. The highest BCUT2D eigenvalue weighted by atomic mass is 16.5. The van der Waals surface area contributed by atoms with E-state index in [1.165, 1.54) is 0 Å². The Morgan fingerprint density at radius 1 is 1.38 bits per heavy atom. The first-order chi connectivity index (χ1) is 7.66. The molecule has 2 rings (SSSR count). The van der Waals surface area contributed by atoms with Crippen LogP contribution in [0.5, 0.6) is 0 Å². The molecule has 0 atom stereocenters. The van der Waals surface area contributed by atoms with Crippen molar-refractivity contribution < 1.29 is 9.53 Å². The summed E-state index contributed by atoms with van der Waals surface area (Å²) >= 11 is 0. The molecule has 5 heteroatoms. The third-order valence-corrected chi connectivity index (χ3v) is 2.10. The molecule has 0 saturated heterocycles. The highest BCUT2D eigenvalue weighted by molar-refractivity contribution is 5.93. The van der Waals surface area contributed by atoms with Gasteiger partial charge in [0, 0.05) is 0 Å². The quantitative estimate of drug-likeness (QED) is 0.799. The summed E-state index contributed by atoms with van der Waals surface area (Å²) in [4.78, 5) is 11.6. The van der Waals surface area contributed by atoms with Crippen LogP contribution in [0.1, 0.15) is 24.2 Å². The maximum atomic E-state index is 11.6. The molecule has 0 amide bonds. The van der Waals surface area contributed by atoms with Gasteiger partial charge in [0.25, 0.3) is 0 Å². The lowest BCUT2D eigenvalue weighted by molar-refractivity contribution is 0.0459. The monoisotopic (exact) mass is 219 g/mol. The molecule has 0 radical (unpaired) electrons. The average Bonchev–Trinajstić information content (AvgIpc) is 2.72. The molecule has 0 fully saturated rings. The van der Waals surface area contributed by atoms with Crippen LogP contribution < -0.4 is 0 Å². The van der Waals surface area contributed by atoms with E-state index < -0.39 is 0 Å². The Labute approximate surface area is 92.8 Å². The number of carbonyl (C=O) groups is 1. The lowest BCUT2D eigenvalue weighted by Crippen LogP contribution is -2.10. The van der Waals surface area contributed by atoms with E-state index in [1.807, 2.05) is 13.8 Å². The molecule has 0 aliphatic heterocycles. The molecule has 84 valence electrons. The second-order valence-corrected chi connectivity index (χ2v) is 4.02. The van der Waals surface area contributed by atoms with Gasteiger partial charge in [-0.05, 0) is 24.1 Å². The third-order valence-electron chi connectivity index (χ3n) is 2.10. The van der Waals surface area contributed by atoms with Crippen LogP contribution in [-0.2, 0) is 4.74 Å². The van der Waals surface area contributed by atoms with Crippen LogP contribution in [-0.4, -0.2) is 28.0 Å². The number of esters is 1. The Morgan fingerprint density at radius 2 is 2.12 bits per heavy atom. The smallest absolute Gasteiger partial charge is 0.338 e. The van der Waals surface area contributed by atoms with Gasteiger partial charge in [0.1, 0.15) is 11.0 Å². The van der Waals surface area contributed by atoms with Crippen molar-refractivity contribution in [2.45, 2.75) is 13.8 Å². The molecule has 1 aromatic heterocycles. The van der Waals surface area contributed by atoms with Crippen LogP contribution in [0, 0.1) is 5.92 Å². The fraction of sp³-hybridized carbons (Fsp3) is 0.364. The summed E-state index contributed by atoms with van der Waals surface area (Å²) in [7, 11) is 0. The molecule has 2 aromatic rings. The van der Waals surface area contributed by atoms with E-state index >= 15 is 0 Å². The van der Waals surface area contributed by atoms with E-state index in [0.29, 0.717) is 23.6 Å². The number of aromatic nitrogens is 3. The highest BCUT2D eigenvalue weighted by Crippen LogP contribution is 2.11. The minimum absolute atomic E-state index is 0.321. The number of aromatic amines is 1. The highest BCUT2D eigenvalue weighted by Gasteiger charge is 2.09. The van der Waals surface area contributed by atoms with Gasteiger partial charge < -0.3 is 4.74 Å². The molecule has 0 saturated carbocycles. The second-order valence-electron chi connectivity index (χ2n) is 4.02. The first-order valence-corrected chi connectivity index (χ1v) is 5.14. The topological polar surface area (TPSA) is 67.9 Å². The van der Waals surface area contributed by atoms with Crippen molar-refractivity contribution in [1.82, 2.24) is 15.4 Å². The zero-order valence-electron chi connectivity index (χ0n) is 9.23. The summed E-state index contributed by atoms with van der Waals surface area (Å²) in [6.45, 7) is 4.41. The lowest BCUT2D eigenvalue weighted by atomic mass is 10.2. The third kappa shape index (κ3) is 2.18. The second kappa shape index (κ2) is 4.30. The van der Waals surface area contributed by atoms with Crippen LogP contribution in [0.15, 0.2) is 18.2 Å². The van der Waals surface area contributed by atoms with Gasteiger partial charge in [0.05, 0.1) is 12.2 Å². The largest absolute Gasteiger partial charge is 0.462 e. The van der Waals surface area contributed by atoms with Crippen molar-refractivity contribution in [3.05, 3.63) is 23.8 Å². The zero-order valence-corrected chi connectivity index (χ0v) is 9.23. The van der Waals surface area contributed by atoms with Crippen molar-refractivity contribution in [2.75, 3.05) is 6.61 Å². The van der Waals surface area contributed by atoms with Crippen LogP contribution in [0.2, 0.25) is 0 Å². The molecule has 1 N–H and O–H groups in total. The summed E-state index contributed by atoms with van der Waals surface area (Å²) in [6.07, 6.45) is 0. The number of hydrogen-bond acceptors (Lipinski definition) is 4. The Kier molecular flexibility index (Phi) is 2.85. The van der Waals surface area contributed by atoms with E-state index in [2.05, 4.69) is 15.4 Å². The number of rotatable bonds is 3. The Morgan fingerprint density at radius 3 is 2.88 bits per heavy atom. The number of carbonyl (C=O) groups excluding carboxylic acids is 1. The molecule has 16 heavy (non-hydrogen) atoms. The summed E-state index contributed by atoms with van der Waals surface area (Å²) < 4.78 is 5.12. The van der Waals surface area contributed by atoms with Gasteiger partial charge in [-0.25, -0.2) is 4.79 Å². The van der Waals surface area contributed by atoms with Crippen molar-refractivity contribution >= 4 is 17.0 Å². The minimum Gasteiger partial charge on any atom is -0.462 e. The first kappa shape index (κ1) is 10.6. The fourth-order valence-corrected chi connectivity index (χ4v) is 1.29. The first-order valence-electron chi connectivity index (χ1n) is 5.14. The zero-order chi connectivity index (χ0) is 11.5. The molecule has 0 spiro atoms. The summed E-state index contributed by atoms with van der Waals surface area (Å²) in [6, 6.07) is 5.10. The van der Waals surface area contributed by atoms with Crippen molar-refractivity contribution in [2.24, 2.45) is 5.92 Å². The fourth-order valence-electron chi connectivity index (χ4n) is 1.29. The van der Waals surface area contributed by atoms with Gasteiger partial charge in [-0.2, -0.15) is 15.4 Å². The van der Waals surface area contributed by atoms with E-state index in [1.54, 1.807) is 18.2 Å². The average molecular weight is 219 g/mol. The number of nitrogens with zero attached hydrogens (tertiary/aromatic N) is 2. The maximum absolute atomic E-state index is 11.6. The van der Waals surface area contributed by atoms with Gasteiger partial charge in [0.2, 0.25) is 0 Å². The van der Waals surface area contributed by atoms with E-state index in [-0.39, 0.29) is 5.97 Å². The molecule has 1 aromatic carbocycles. The van der Waals surface area contributed by atoms with Crippen molar-refractivity contribution in [3.8, 4) is 0 Å². The van der Waals surface area contributed by atoms with Crippen molar-refractivity contribution in [3.63, 3.8) is 0 Å². The summed E-state index contributed by atoms with van der Waals surface area (Å²) in [5.74, 6) is 0.0123. The van der Waals surface area contributed by atoms with E-state index in [0.717, 1.165) is 5.52 Å². The van der Waals surface area contributed by atoms with Crippen molar-refractivity contribution in [1.29, 1.82) is 0 Å². The number of H-pyrrole nitrogens is 1. The predicted molar refractivity (Wildman–Crippen MR) is 59.0 cm³/mol. The number of benzene rings is 1. The SMILES string of the molecule is CC(C)COC(=O)c1ccc2n[nH]nc2c1. The van der Waals surface area contributed by atoms with Crippen LogP contribution in [0.3, 0.4) is 0 Å². The number of hydrogen-bond donors (Lipinski definition) is 1. The Hall–Kier alpha value is -1.91. The minimum atomic E-state index is -0.321. The van der Waals surface area contributed by atoms with Gasteiger partial charge in [-0.15, -0.1) is 0 Å². The summed E-state index contributed by atoms with van der Waals surface area (Å²) in [5.41, 5.74) is 1.90. The number of ether oxygens (including phenoxy) is 1. The molecule has 0 unspecified atom stereocenters. The van der Waals surface area contributed by atoms with Gasteiger partial charge in [-0.3, -0.25) is 0 Å². The van der Waals surface area contributed by atoms with E-state index in [4.69, 9.17) is 4.74 Å². The van der Waals surface area contributed by atoms with Crippen LogP contribution in [0.4, 0.5) is 0 Å². The van der Waals surface area contributed by atoms with Gasteiger partial charge in [0.15, 0.2) is 0 Å². The molecule has 1 heterocycles. The number of fused-ring (bicyclic) bond motifs is 1. The maximum Gasteiger partial charge on any atom is 0.338 e. The standard InChI is InChI=1S/C11H13N3O2/c1-7(2)6-16-11(15)8-3-4-9-10(5-8)13-14-12-9/h3-5,7H,6H2,1-2H3,(H,12,13,14). The van der Waals surface area contributed by atoms with Crippen LogP contribution in [0.25, 0.3) is 11.0 Å². The predicted octanol–water partition coefficient (Wildman–Crippen LogP) is 1.77. The lowest BCUT2D eigenvalue weighted by Gasteiger charge is -2.06. The van der Waals surface area contributed by atoms with Crippen LogP contribution >= 0.6 is 0 Å².